The second-order valence-corrected chi connectivity index (χ2v) is 3.45. The zero-order valence-corrected chi connectivity index (χ0v) is 8.51. The van der Waals surface area contributed by atoms with E-state index >= 15 is 0 Å². The maximum Gasteiger partial charge on any atom is 0.416 e. The van der Waals surface area contributed by atoms with Gasteiger partial charge in [-0.1, -0.05) is 6.92 Å². The van der Waals surface area contributed by atoms with E-state index in [1.807, 2.05) is 5.32 Å². The number of nitrogens with one attached hydrogen (secondary N) is 1. The second-order valence-electron chi connectivity index (χ2n) is 3.45. The molecule has 4 nitrogen and oxygen atoms in total. The van der Waals surface area contributed by atoms with Crippen molar-refractivity contribution in [3.8, 4) is 0 Å². The smallest absolute Gasteiger partial charge is 0.382 e. The second kappa shape index (κ2) is 5.32. The molecule has 0 bridgehead atoms. The molecule has 0 aromatic heterocycles. The highest BCUT2D eigenvalue weighted by molar-refractivity contribution is 5.78. The Morgan fingerprint density at radius 1 is 1.47 bits per heavy atom. The number of nitrogens with two attached hydrogens (primary N) is 1. The molecule has 0 saturated carbocycles. The van der Waals surface area contributed by atoms with Crippen LogP contribution in [0.4, 0.5) is 13.2 Å². The van der Waals surface area contributed by atoms with Gasteiger partial charge in [0.1, 0.15) is 0 Å². The van der Waals surface area contributed by atoms with Crippen LogP contribution in [0.2, 0.25) is 0 Å². The molecule has 0 aliphatic carbocycles. The molecule has 0 fully saturated rings. The van der Waals surface area contributed by atoms with Gasteiger partial charge in [-0.25, -0.2) is 0 Å². The van der Waals surface area contributed by atoms with Crippen molar-refractivity contribution in [2.45, 2.75) is 32.2 Å². The summed E-state index contributed by atoms with van der Waals surface area (Å²) in [5.41, 5.74) is 5.38. The van der Waals surface area contributed by atoms with Gasteiger partial charge in [-0.15, -0.1) is 0 Å². The Morgan fingerprint density at radius 3 is 2.27 bits per heavy atom. The van der Waals surface area contributed by atoms with E-state index in [4.69, 9.17) is 10.8 Å². The number of aliphatic hydroxyl groups excluding tert-OH is 1. The summed E-state index contributed by atoms with van der Waals surface area (Å²) in [5, 5.41) is 10.6. The lowest BCUT2D eigenvalue weighted by molar-refractivity contribution is -0.202. The molecule has 7 heteroatoms. The van der Waals surface area contributed by atoms with Gasteiger partial charge in [-0.05, 0) is 6.92 Å². The van der Waals surface area contributed by atoms with E-state index in [2.05, 4.69) is 0 Å². The van der Waals surface area contributed by atoms with E-state index in [9.17, 15) is 18.0 Å². The maximum atomic E-state index is 11.8. The number of rotatable bonds is 4. The summed E-state index contributed by atoms with van der Waals surface area (Å²) in [5.74, 6) is -1.20. The number of alkyl halides is 3. The number of carbonyl (C=O) groups excluding carboxylic acids is 1. The normalized spacial score (nSPS) is 18.1. The highest BCUT2D eigenvalue weighted by Gasteiger charge is 2.38. The van der Waals surface area contributed by atoms with Crippen molar-refractivity contribution < 1.29 is 23.1 Å². The third kappa shape index (κ3) is 4.98. The molecular formula is C8H15F3N2O2. The van der Waals surface area contributed by atoms with Crippen LogP contribution in [0.5, 0.6) is 0 Å². The first kappa shape index (κ1) is 14.2. The molecule has 0 aliphatic rings. The van der Waals surface area contributed by atoms with Crippen LogP contribution in [-0.4, -0.2) is 35.9 Å². The van der Waals surface area contributed by atoms with Crippen molar-refractivity contribution in [2.24, 2.45) is 11.7 Å². The van der Waals surface area contributed by atoms with Gasteiger partial charge in [-0.2, -0.15) is 13.2 Å². The minimum absolute atomic E-state index is 0.451. The minimum atomic E-state index is -4.72. The molecule has 0 heterocycles. The van der Waals surface area contributed by atoms with Crippen molar-refractivity contribution in [1.82, 2.24) is 5.32 Å². The Morgan fingerprint density at radius 2 is 1.93 bits per heavy atom. The summed E-state index contributed by atoms with van der Waals surface area (Å²) in [7, 11) is 0. The van der Waals surface area contributed by atoms with E-state index in [1.54, 1.807) is 6.92 Å². The molecule has 0 radical (unpaired) electrons. The average Bonchev–Trinajstić information content (AvgIpc) is 2.10. The molecule has 0 aromatic carbocycles. The van der Waals surface area contributed by atoms with Crippen LogP contribution in [0.1, 0.15) is 13.8 Å². The summed E-state index contributed by atoms with van der Waals surface area (Å²) in [6.07, 6.45) is -7.26. The molecule has 0 spiro atoms. The SMILES string of the molecule is CC(N)C(C)C(=O)NCC(O)C(F)(F)F. The van der Waals surface area contributed by atoms with E-state index in [-0.39, 0.29) is 0 Å². The van der Waals surface area contributed by atoms with E-state index in [0.29, 0.717) is 0 Å². The van der Waals surface area contributed by atoms with Gasteiger partial charge >= 0.3 is 6.18 Å². The van der Waals surface area contributed by atoms with Crippen molar-refractivity contribution in [1.29, 1.82) is 0 Å². The molecule has 4 N–H and O–H groups in total. The van der Waals surface area contributed by atoms with Crippen LogP contribution in [0.25, 0.3) is 0 Å². The Bertz CT molecular complexity index is 218. The van der Waals surface area contributed by atoms with Crippen LogP contribution in [0, 0.1) is 5.92 Å². The van der Waals surface area contributed by atoms with Crippen LogP contribution in [0.3, 0.4) is 0 Å². The van der Waals surface area contributed by atoms with Gasteiger partial charge < -0.3 is 16.2 Å². The van der Waals surface area contributed by atoms with Crippen molar-refractivity contribution >= 4 is 5.91 Å². The predicted octanol–water partition coefficient (Wildman–Crippen LogP) is 0.00910. The number of amides is 1. The highest BCUT2D eigenvalue weighted by atomic mass is 19.4. The quantitative estimate of drug-likeness (QED) is 0.634. The molecule has 3 atom stereocenters. The molecular weight excluding hydrogens is 213 g/mol. The molecule has 0 rings (SSSR count). The lowest BCUT2D eigenvalue weighted by atomic mass is 10.0. The largest absolute Gasteiger partial charge is 0.416 e. The molecule has 3 unspecified atom stereocenters. The van der Waals surface area contributed by atoms with Crippen molar-refractivity contribution in [3.63, 3.8) is 0 Å². The van der Waals surface area contributed by atoms with Gasteiger partial charge in [0.2, 0.25) is 5.91 Å². The van der Waals surface area contributed by atoms with Crippen molar-refractivity contribution in [2.75, 3.05) is 6.54 Å². The molecule has 0 aromatic rings. The minimum Gasteiger partial charge on any atom is -0.382 e. The van der Waals surface area contributed by atoms with Crippen LogP contribution < -0.4 is 11.1 Å². The lowest BCUT2D eigenvalue weighted by Crippen LogP contribution is -2.45. The predicted molar refractivity (Wildman–Crippen MR) is 47.9 cm³/mol. The number of carbonyl (C=O) groups is 1. The fraction of sp³-hybridized carbons (Fsp3) is 0.875. The van der Waals surface area contributed by atoms with Crippen LogP contribution in [0.15, 0.2) is 0 Å². The summed E-state index contributed by atoms with van der Waals surface area (Å²) >= 11 is 0. The van der Waals surface area contributed by atoms with Crippen LogP contribution in [-0.2, 0) is 4.79 Å². The van der Waals surface area contributed by atoms with Gasteiger partial charge in [0.05, 0.1) is 6.54 Å². The Hall–Kier alpha value is -0.820. The number of hydrogen-bond acceptors (Lipinski definition) is 3. The summed E-state index contributed by atoms with van der Waals surface area (Å²) in [6, 6.07) is -0.451. The Kier molecular flexibility index (Phi) is 5.02. The monoisotopic (exact) mass is 228 g/mol. The topological polar surface area (TPSA) is 75.4 Å². The fourth-order valence-corrected chi connectivity index (χ4v) is 0.713. The first-order valence-electron chi connectivity index (χ1n) is 4.44. The number of aliphatic hydroxyl groups is 1. The van der Waals surface area contributed by atoms with Gasteiger partial charge in [0, 0.05) is 12.0 Å². The zero-order chi connectivity index (χ0) is 12.2. The molecule has 15 heavy (non-hydrogen) atoms. The Labute approximate surface area is 85.6 Å². The maximum absolute atomic E-state index is 11.8. The summed E-state index contributed by atoms with van der Waals surface area (Å²) in [6.45, 7) is 2.23. The summed E-state index contributed by atoms with van der Waals surface area (Å²) in [4.78, 5) is 11.1. The van der Waals surface area contributed by atoms with Crippen molar-refractivity contribution in [3.05, 3.63) is 0 Å². The molecule has 1 amide bonds. The van der Waals surface area contributed by atoms with E-state index in [0.717, 1.165) is 0 Å². The average molecular weight is 228 g/mol. The first-order chi connectivity index (χ1) is 6.66. The third-order valence-corrected chi connectivity index (χ3v) is 2.05. The van der Waals surface area contributed by atoms with E-state index in [1.165, 1.54) is 6.92 Å². The number of halogens is 3. The Balaban J connectivity index is 4.02. The molecule has 90 valence electrons. The van der Waals surface area contributed by atoms with Gasteiger partial charge in [-0.3, -0.25) is 4.79 Å². The van der Waals surface area contributed by atoms with Gasteiger partial charge in [0.25, 0.3) is 0 Å². The third-order valence-electron chi connectivity index (χ3n) is 2.05. The lowest BCUT2D eigenvalue weighted by Gasteiger charge is -2.18. The molecule has 0 saturated heterocycles. The zero-order valence-electron chi connectivity index (χ0n) is 8.51. The number of hydrogen-bond donors (Lipinski definition) is 3. The van der Waals surface area contributed by atoms with E-state index < -0.39 is 36.7 Å². The van der Waals surface area contributed by atoms with Crippen LogP contribution >= 0.6 is 0 Å². The standard InChI is InChI=1S/C8H15F3N2O2/c1-4(5(2)12)7(15)13-3-6(14)8(9,10)11/h4-6,14H,3,12H2,1-2H3,(H,13,15). The molecule has 0 aliphatic heterocycles. The van der Waals surface area contributed by atoms with Gasteiger partial charge in [0.15, 0.2) is 6.10 Å². The summed E-state index contributed by atoms with van der Waals surface area (Å²) < 4.78 is 35.5. The first-order valence-corrected chi connectivity index (χ1v) is 4.44. The highest BCUT2D eigenvalue weighted by Crippen LogP contribution is 2.19. The fourth-order valence-electron chi connectivity index (χ4n) is 0.713.